The van der Waals surface area contributed by atoms with Gasteiger partial charge in [-0.2, -0.15) is 13.2 Å². The molecule has 2 amide bonds. The van der Waals surface area contributed by atoms with E-state index in [9.17, 15) is 18.0 Å². The second kappa shape index (κ2) is 8.35. The fourth-order valence-corrected chi connectivity index (χ4v) is 3.68. The van der Waals surface area contributed by atoms with Crippen LogP contribution in [-0.4, -0.2) is 21.2 Å². The van der Waals surface area contributed by atoms with Crippen LogP contribution in [0.1, 0.15) is 11.1 Å². The van der Waals surface area contributed by atoms with Crippen LogP contribution in [0.3, 0.4) is 0 Å². The number of rotatable bonds is 5. The smallest absolute Gasteiger partial charge is 0.308 e. The molecule has 0 bridgehead atoms. The summed E-state index contributed by atoms with van der Waals surface area (Å²) in [4.78, 5) is 15.9. The molecule has 3 aromatic rings. The maximum Gasteiger partial charge on any atom is 0.416 e. The van der Waals surface area contributed by atoms with Crippen LogP contribution in [0.2, 0.25) is 0 Å². The van der Waals surface area contributed by atoms with E-state index < -0.39 is 17.8 Å². The fourth-order valence-electron chi connectivity index (χ4n) is 1.98. The Labute approximate surface area is 160 Å². The molecule has 1 aromatic carbocycles. The van der Waals surface area contributed by atoms with Crippen LogP contribution in [0.5, 0.6) is 0 Å². The van der Waals surface area contributed by atoms with E-state index in [0.29, 0.717) is 10.1 Å². The number of hydrogen-bond donors (Lipinski definition) is 2. The lowest BCUT2D eigenvalue weighted by molar-refractivity contribution is -0.137. The van der Waals surface area contributed by atoms with Crippen molar-refractivity contribution >= 4 is 39.9 Å². The Kier molecular flexibility index (Phi) is 5.91. The van der Waals surface area contributed by atoms with E-state index in [-0.39, 0.29) is 10.8 Å². The quantitative estimate of drug-likeness (QED) is 0.462. The minimum Gasteiger partial charge on any atom is -0.308 e. The molecule has 27 heavy (non-hydrogen) atoms. The van der Waals surface area contributed by atoms with E-state index >= 15 is 0 Å². The van der Waals surface area contributed by atoms with Crippen molar-refractivity contribution in [2.45, 2.75) is 16.3 Å². The minimum atomic E-state index is -4.48. The molecular formula is C16H12F3N5OS2. The van der Waals surface area contributed by atoms with Crippen LogP contribution in [0.25, 0.3) is 0 Å². The number of carbonyl (C=O) groups excluding carboxylic acids is 1. The molecule has 2 heterocycles. The Morgan fingerprint density at radius 1 is 1.11 bits per heavy atom. The molecule has 0 aliphatic rings. The molecule has 140 valence electrons. The van der Waals surface area contributed by atoms with Gasteiger partial charge in [0.25, 0.3) is 0 Å². The molecular weight excluding hydrogens is 399 g/mol. The third-order valence-electron chi connectivity index (χ3n) is 3.19. The van der Waals surface area contributed by atoms with Gasteiger partial charge >= 0.3 is 12.2 Å². The topological polar surface area (TPSA) is 79.8 Å². The maximum atomic E-state index is 12.7. The number of hydrogen-bond acceptors (Lipinski definition) is 6. The van der Waals surface area contributed by atoms with Crippen LogP contribution in [0, 0.1) is 0 Å². The molecule has 2 N–H and O–H groups in total. The molecule has 6 nitrogen and oxygen atoms in total. The normalized spacial score (nSPS) is 11.2. The van der Waals surface area contributed by atoms with Crippen LogP contribution >= 0.6 is 23.1 Å². The molecule has 0 aliphatic carbocycles. The number of amides is 2. The summed E-state index contributed by atoms with van der Waals surface area (Å²) >= 11 is 2.62. The Balaban J connectivity index is 1.55. The zero-order chi connectivity index (χ0) is 19.3. The average molecular weight is 411 g/mol. The van der Waals surface area contributed by atoms with Gasteiger partial charge < -0.3 is 5.32 Å². The number of benzene rings is 1. The molecule has 0 spiro atoms. The van der Waals surface area contributed by atoms with Crippen LogP contribution in [-0.2, 0) is 11.9 Å². The average Bonchev–Trinajstić information content (AvgIpc) is 3.07. The summed E-state index contributed by atoms with van der Waals surface area (Å²) in [6, 6.07) is 7.44. The molecule has 0 aliphatic heterocycles. The predicted molar refractivity (Wildman–Crippen MR) is 97.8 cm³/mol. The second-order valence-electron chi connectivity index (χ2n) is 5.17. The van der Waals surface area contributed by atoms with Crippen molar-refractivity contribution in [2.24, 2.45) is 0 Å². The number of alkyl halides is 3. The van der Waals surface area contributed by atoms with Gasteiger partial charge in [-0.25, -0.2) is 4.79 Å². The Hall–Kier alpha value is -2.66. The monoisotopic (exact) mass is 411 g/mol. The van der Waals surface area contributed by atoms with E-state index in [0.717, 1.165) is 17.7 Å². The van der Waals surface area contributed by atoms with Crippen molar-refractivity contribution in [3.8, 4) is 0 Å². The first-order chi connectivity index (χ1) is 12.9. The number of nitrogens with zero attached hydrogens (tertiary/aromatic N) is 3. The molecule has 0 unspecified atom stereocenters. The number of nitrogens with one attached hydrogen (secondary N) is 2. The van der Waals surface area contributed by atoms with Gasteiger partial charge in [-0.1, -0.05) is 29.2 Å². The molecule has 0 saturated heterocycles. The molecule has 3 rings (SSSR count). The van der Waals surface area contributed by atoms with E-state index in [1.165, 1.54) is 35.2 Å². The van der Waals surface area contributed by atoms with Crippen molar-refractivity contribution in [2.75, 3.05) is 10.6 Å². The fraction of sp³-hybridized carbons (Fsp3) is 0.125. The summed E-state index contributed by atoms with van der Waals surface area (Å²) in [6.45, 7) is 0. The summed E-state index contributed by atoms with van der Waals surface area (Å²) < 4.78 is 38.8. The summed E-state index contributed by atoms with van der Waals surface area (Å²) in [5, 5.41) is 12.9. The number of carbonyl (C=O) groups is 1. The molecule has 2 aromatic heterocycles. The van der Waals surface area contributed by atoms with Gasteiger partial charge in [-0.3, -0.25) is 10.3 Å². The number of anilines is 2. The lowest BCUT2D eigenvalue weighted by atomic mass is 10.2. The maximum absolute atomic E-state index is 12.7. The number of pyridine rings is 1. The van der Waals surface area contributed by atoms with Crippen LogP contribution in [0.15, 0.2) is 53.1 Å². The first-order valence-corrected chi connectivity index (χ1v) is 9.31. The Bertz CT molecular complexity index is 918. The highest BCUT2D eigenvalue weighted by Gasteiger charge is 2.30. The SMILES string of the molecule is O=C(Nc1cccc(C(F)(F)F)c1)Nc1nnc(SCc2ccncc2)s1. The largest absolute Gasteiger partial charge is 0.416 e. The lowest BCUT2D eigenvalue weighted by Gasteiger charge is -2.09. The van der Waals surface area contributed by atoms with E-state index in [2.05, 4.69) is 25.8 Å². The summed E-state index contributed by atoms with van der Waals surface area (Å²) in [6.07, 6.45) is -1.09. The standard InChI is InChI=1S/C16H12F3N5OS2/c17-16(18,19)11-2-1-3-12(8-11)21-13(25)22-14-23-24-15(27-14)26-9-10-4-6-20-7-5-10/h1-8H,9H2,(H2,21,22,23,25). The molecule has 0 saturated carbocycles. The third kappa shape index (κ3) is 5.66. The van der Waals surface area contributed by atoms with Crippen molar-refractivity contribution in [1.29, 1.82) is 0 Å². The van der Waals surface area contributed by atoms with Crippen molar-refractivity contribution < 1.29 is 18.0 Å². The van der Waals surface area contributed by atoms with Gasteiger partial charge in [0.2, 0.25) is 5.13 Å². The number of thioether (sulfide) groups is 1. The lowest BCUT2D eigenvalue weighted by Crippen LogP contribution is -2.19. The van der Waals surface area contributed by atoms with Gasteiger partial charge in [-0.15, -0.1) is 10.2 Å². The van der Waals surface area contributed by atoms with Gasteiger partial charge in [0.05, 0.1) is 5.56 Å². The first kappa shape index (κ1) is 19.1. The highest BCUT2D eigenvalue weighted by Crippen LogP contribution is 2.31. The molecule has 0 atom stereocenters. The summed E-state index contributed by atoms with van der Waals surface area (Å²) in [5.74, 6) is 0.674. The van der Waals surface area contributed by atoms with E-state index in [1.807, 2.05) is 12.1 Å². The van der Waals surface area contributed by atoms with Gasteiger partial charge in [0.1, 0.15) is 0 Å². The minimum absolute atomic E-state index is 0.0270. The Morgan fingerprint density at radius 2 is 1.89 bits per heavy atom. The Morgan fingerprint density at radius 3 is 2.63 bits per heavy atom. The predicted octanol–water partition coefficient (Wildman–Crippen LogP) is 4.89. The van der Waals surface area contributed by atoms with Crippen LogP contribution in [0.4, 0.5) is 28.8 Å². The molecule has 0 radical (unpaired) electrons. The summed E-state index contributed by atoms with van der Waals surface area (Å²) in [5.41, 5.74) is 0.257. The van der Waals surface area contributed by atoms with Crippen LogP contribution < -0.4 is 10.6 Å². The second-order valence-corrected chi connectivity index (χ2v) is 7.37. The van der Waals surface area contributed by atoms with Crippen molar-refractivity contribution in [3.63, 3.8) is 0 Å². The highest BCUT2D eigenvalue weighted by molar-refractivity contribution is 8.00. The van der Waals surface area contributed by atoms with Gasteiger partial charge in [0.15, 0.2) is 4.34 Å². The highest BCUT2D eigenvalue weighted by atomic mass is 32.2. The van der Waals surface area contributed by atoms with E-state index in [4.69, 9.17) is 0 Å². The van der Waals surface area contributed by atoms with Gasteiger partial charge in [-0.05, 0) is 35.9 Å². The summed E-state index contributed by atoms with van der Waals surface area (Å²) in [7, 11) is 0. The number of halogens is 3. The third-order valence-corrected chi connectivity index (χ3v) is 5.23. The number of urea groups is 1. The van der Waals surface area contributed by atoms with Crippen molar-refractivity contribution in [3.05, 3.63) is 59.9 Å². The van der Waals surface area contributed by atoms with Gasteiger partial charge in [0, 0.05) is 23.8 Å². The van der Waals surface area contributed by atoms with E-state index in [1.54, 1.807) is 12.4 Å². The number of aromatic nitrogens is 3. The molecule has 11 heteroatoms. The zero-order valence-corrected chi connectivity index (χ0v) is 15.2. The zero-order valence-electron chi connectivity index (χ0n) is 13.5. The van der Waals surface area contributed by atoms with Crippen molar-refractivity contribution in [1.82, 2.24) is 15.2 Å². The first-order valence-electron chi connectivity index (χ1n) is 7.50. The molecule has 0 fully saturated rings.